The summed E-state index contributed by atoms with van der Waals surface area (Å²) in [5.41, 5.74) is 2.31. The third-order valence-electron chi connectivity index (χ3n) is 3.92. The number of benzene rings is 1. The maximum absolute atomic E-state index is 5.99. The van der Waals surface area contributed by atoms with E-state index >= 15 is 0 Å². The molecule has 2 aromatic rings. The van der Waals surface area contributed by atoms with E-state index in [1.807, 2.05) is 0 Å². The van der Waals surface area contributed by atoms with Gasteiger partial charge in [-0.15, -0.1) is 11.6 Å². The van der Waals surface area contributed by atoms with Gasteiger partial charge in [0.05, 0.1) is 11.0 Å². The summed E-state index contributed by atoms with van der Waals surface area (Å²) in [6.45, 7) is 4.52. The van der Waals surface area contributed by atoms with E-state index in [9.17, 15) is 0 Å². The molecule has 0 aliphatic heterocycles. The molecular weight excluding hydrogens is 348 g/mol. The zero-order valence-electron chi connectivity index (χ0n) is 12.9. The van der Waals surface area contributed by atoms with Gasteiger partial charge in [0.2, 0.25) is 0 Å². The Labute approximate surface area is 141 Å². The fourth-order valence-corrected chi connectivity index (χ4v) is 3.48. The van der Waals surface area contributed by atoms with Crippen molar-refractivity contribution < 1.29 is 0 Å². The van der Waals surface area contributed by atoms with Gasteiger partial charge in [0.1, 0.15) is 5.82 Å². The van der Waals surface area contributed by atoms with Gasteiger partial charge >= 0.3 is 0 Å². The summed E-state index contributed by atoms with van der Waals surface area (Å²) >= 11 is 9.53. The van der Waals surface area contributed by atoms with Crippen LogP contribution in [-0.2, 0) is 6.42 Å². The molecule has 0 saturated heterocycles. The standard InChI is InChI=1S/C17H24BrClN2/c1-3-5-7-14(6-4-2)21-16-9-8-13(18)12-15(16)20-17(21)10-11-19/h8-9,12,14H,3-7,10-11H2,1-2H3. The third kappa shape index (κ3) is 4.01. The lowest BCUT2D eigenvalue weighted by Crippen LogP contribution is -2.13. The molecule has 0 bridgehead atoms. The second-order valence-corrected chi connectivity index (χ2v) is 6.85. The first-order valence-corrected chi connectivity index (χ1v) is 9.26. The van der Waals surface area contributed by atoms with Crippen LogP contribution in [0.15, 0.2) is 22.7 Å². The number of hydrogen-bond acceptors (Lipinski definition) is 1. The smallest absolute Gasteiger partial charge is 0.111 e. The van der Waals surface area contributed by atoms with Crippen LogP contribution in [0.5, 0.6) is 0 Å². The molecule has 4 heteroatoms. The summed E-state index contributed by atoms with van der Waals surface area (Å²) in [5.74, 6) is 1.75. The molecule has 1 heterocycles. The predicted molar refractivity (Wildman–Crippen MR) is 95.3 cm³/mol. The number of hydrogen-bond donors (Lipinski definition) is 0. The van der Waals surface area contributed by atoms with Crippen LogP contribution in [0.25, 0.3) is 11.0 Å². The zero-order chi connectivity index (χ0) is 15.2. The Bertz CT molecular complexity index is 579. The molecule has 2 rings (SSSR count). The number of nitrogens with zero attached hydrogens (tertiary/aromatic N) is 2. The third-order valence-corrected chi connectivity index (χ3v) is 4.60. The highest BCUT2D eigenvalue weighted by atomic mass is 79.9. The van der Waals surface area contributed by atoms with Crippen LogP contribution in [0.2, 0.25) is 0 Å². The van der Waals surface area contributed by atoms with Crippen molar-refractivity contribution in [2.24, 2.45) is 0 Å². The average molecular weight is 372 g/mol. The number of aromatic nitrogens is 2. The summed E-state index contributed by atoms with van der Waals surface area (Å²) in [5, 5.41) is 0. The minimum absolute atomic E-state index is 0.541. The molecule has 0 fully saturated rings. The molecule has 1 unspecified atom stereocenters. The number of alkyl halides is 1. The molecule has 0 spiro atoms. The summed E-state index contributed by atoms with van der Waals surface area (Å²) in [6, 6.07) is 6.93. The molecule has 1 aromatic heterocycles. The first kappa shape index (κ1) is 16.8. The first-order valence-electron chi connectivity index (χ1n) is 7.93. The molecule has 2 nitrogen and oxygen atoms in total. The summed E-state index contributed by atoms with van der Waals surface area (Å²) in [7, 11) is 0. The van der Waals surface area contributed by atoms with E-state index in [-0.39, 0.29) is 0 Å². The lowest BCUT2D eigenvalue weighted by atomic mass is 10.0. The maximum Gasteiger partial charge on any atom is 0.111 e. The van der Waals surface area contributed by atoms with Crippen LogP contribution < -0.4 is 0 Å². The SMILES string of the molecule is CCCCC(CCC)n1c(CCCl)nc2cc(Br)ccc21. The van der Waals surface area contributed by atoms with Crippen molar-refractivity contribution >= 4 is 38.6 Å². The Hall–Kier alpha value is -0.540. The second kappa shape index (κ2) is 8.19. The molecular formula is C17H24BrClN2. The van der Waals surface area contributed by atoms with Crippen LogP contribution in [0.3, 0.4) is 0 Å². The number of halogens is 2. The first-order chi connectivity index (χ1) is 10.2. The lowest BCUT2D eigenvalue weighted by molar-refractivity contribution is 0.415. The Morgan fingerprint density at radius 2 is 2.05 bits per heavy atom. The van der Waals surface area contributed by atoms with Crippen molar-refractivity contribution in [3.8, 4) is 0 Å². The summed E-state index contributed by atoms with van der Waals surface area (Å²) in [4.78, 5) is 4.82. The van der Waals surface area contributed by atoms with Gasteiger partial charge < -0.3 is 4.57 Å². The molecule has 0 amide bonds. The van der Waals surface area contributed by atoms with Gasteiger partial charge in [-0.25, -0.2) is 4.98 Å². The molecule has 116 valence electrons. The van der Waals surface area contributed by atoms with Gasteiger partial charge in [0.15, 0.2) is 0 Å². The molecule has 0 aliphatic rings. The minimum Gasteiger partial charge on any atom is -0.325 e. The average Bonchev–Trinajstić information content (AvgIpc) is 2.81. The van der Waals surface area contributed by atoms with Crippen molar-refractivity contribution in [2.75, 3.05) is 5.88 Å². The molecule has 1 atom stereocenters. The Morgan fingerprint density at radius 1 is 1.24 bits per heavy atom. The van der Waals surface area contributed by atoms with Crippen LogP contribution in [0, 0.1) is 0 Å². The highest BCUT2D eigenvalue weighted by Gasteiger charge is 2.18. The van der Waals surface area contributed by atoms with Crippen LogP contribution in [0.4, 0.5) is 0 Å². The molecule has 0 saturated carbocycles. The van der Waals surface area contributed by atoms with E-state index in [0.717, 1.165) is 22.2 Å². The summed E-state index contributed by atoms with van der Waals surface area (Å²) < 4.78 is 3.53. The van der Waals surface area contributed by atoms with Crippen molar-refractivity contribution in [1.82, 2.24) is 9.55 Å². The van der Waals surface area contributed by atoms with Crippen LogP contribution in [-0.4, -0.2) is 15.4 Å². The van der Waals surface area contributed by atoms with Gasteiger partial charge in [-0.1, -0.05) is 49.0 Å². The Morgan fingerprint density at radius 3 is 2.71 bits per heavy atom. The monoisotopic (exact) mass is 370 g/mol. The second-order valence-electron chi connectivity index (χ2n) is 5.55. The van der Waals surface area contributed by atoms with Crippen molar-refractivity contribution in [3.05, 3.63) is 28.5 Å². The normalized spacial score (nSPS) is 13.0. The largest absolute Gasteiger partial charge is 0.325 e. The highest BCUT2D eigenvalue weighted by Crippen LogP contribution is 2.30. The number of fused-ring (bicyclic) bond motifs is 1. The number of unbranched alkanes of at least 4 members (excludes halogenated alkanes) is 1. The number of rotatable bonds is 8. The molecule has 0 aliphatic carbocycles. The van der Waals surface area contributed by atoms with E-state index in [2.05, 4.69) is 52.5 Å². The minimum atomic E-state index is 0.541. The number of imidazole rings is 1. The van der Waals surface area contributed by atoms with Crippen molar-refractivity contribution in [2.45, 2.75) is 58.4 Å². The fraction of sp³-hybridized carbons (Fsp3) is 0.588. The van der Waals surface area contributed by atoms with E-state index in [0.29, 0.717) is 11.9 Å². The van der Waals surface area contributed by atoms with Crippen LogP contribution in [0.1, 0.15) is 57.8 Å². The summed E-state index contributed by atoms with van der Waals surface area (Å²) in [6.07, 6.45) is 6.97. The lowest BCUT2D eigenvalue weighted by Gasteiger charge is -2.21. The quantitative estimate of drug-likeness (QED) is 0.512. The van der Waals surface area contributed by atoms with Gasteiger partial charge in [0.25, 0.3) is 0 Å². The maximum atomic E-state index is 5.99. The Kier molecular flexibility index (Phi) is 6.56. The number of aryl methyl sites for hydroxylation is 1. The molecule has 1 aromatic carbocycles. The zero-order valence-corrected chi connectivity index (χ0v) is 15.3. The van der Waals surface area contributed by atoms with Gasteiger partial charge in [-0.3, -0.25) is 0 Å². The fourth-order valence-electron chi connectivity index (χ4n) is 2.97. The van der Waals surface area contributed by atoms with E-state index in [1.54, 1.807) is 0 Å². The highest BCUT2D eigenvalue weighted by molar-refractivity contribution is 9.10. The predicted octanol–water partition coefficient (Wildman–Crippen LogP) is 6.11. The van der Waals surface area contributed by atoms with Gasteiger partial charge in [0, 0.05) is 22.8 Å². The molecule has 21 heavy (non-hydrogen) atoms. The Balaban J connectivity index is 2.48. The van der Waals surface area contributed by atoms with E-state index in [1.165, 1.54) is 37.6 Å². The van der Waals surface area contributed by atoms with Crippen molar-refractivity contribution in [1.29, 1.82) is 0 Å². The van der Waals surface area contributed by atoms with Gasteiger partial charge in [-0.2, -0.15) is 0 Å². The van der Waals surface area contributed by atoms with Crippen molar-refractivity contribution in [3.63, 3.8) is 0 Å². The molecule has 0 radical (unpaired) electrons. The molecule has 0 N–H and O–H groups in total. The van der Waals surface area contributed by atoms with Gasteiger partial charge in [-0.05, 0) is 31.0 Å². The topological polar surface area (TPSA) is 17.8 Å². The van der Waals surface area contributed by atoms with Crippen LogP contribution >= 0.6 is 27.5 Å². The van der Waals surface area contributed by atoms with E-state index < -0.39 is 0 Å². The van der Waals surface area contributed by atoms with E-state index in [4.69, 9.17) is 16.6 Å².